The Morgan fingerprint density at radius 2 is 2.28 bits per heavy atom. The summed E-state index contributed by atoms with van der Waals surface area (Å²) in [6.45, 7) is 0.624. The fourth-order valence-electron chi connectivity index (χ4n) is 1.70. The van der Waals surface area contributed by atoms with Crippen LogP contribution in [0.25, 0.3) is 10.9 Å². The molecule has 1 atom stereocenters. The van der Waals surface area contributed by atoms with E-state index in [2.05, 4.69) is 26.2 Å². The van der Waals surface area contributed by atoms with Gasteiger partial charge in [-0.15, -0.1) is 0 Å². The quantitative estimate of drug-likeness (QED) is 0.904. The number of hydrogen-bond acceptors (Lipinski definition) is 4. The average molecular weight is 328 g/mol. The van der Waals surface area contributed by atoms with Gasteiger partial charge in [-0.2, -0.15) is 0 Å². The Bertz CT molecular complexity index is 598. The smallest absolute Gasteiger partial charge is 0.0743 e. The molecule has 0 saturated carbocycles. The number of rotatable bonds is 4. The molecule has 0 spiro atoms. The van der Waals surface area contributed by atoms with Gasteiger partial charge in [-0.25, -0.2) is 0 Å². The summed E-state index contributed by atoms with van der Waals surface area (Å²) in [6.07, 6.45) is 3.33. The molecule has 0 aliphatic rings. The van der Waals surface area contributed by atoms with Gasteiger partial charge in [-0.3, -0.25) is 9.19 Å². The summed E-state index contributed by atoms with van der Waals surface area (Å²) in [7, 11) is -0.812. The third kappa shape index (κ3) is 3.00. The monoisotopic (exact) mass is 327 g/mol. The zero-order valence-electron chi connectivity index (χ0n) is 9.94. The van der Waals surface area contributed by atoms with Crippen molar-refractivity contribution < 1.29 is 4.21 Å². The van der Waals surface area contributed by atoms with E-state index in [1.807, 2.05) is 18.2 Å². The molecule has 1 heterocycles. The van der Waals surface area contributed by atoms with Crippen molar-refractivity contribution in [3.05, 3.63) is 28.9 Å². The Balaban J connectivity index is 2.37. The summed E-state index contributed by atoms with van der Waals surface area (Å²) in [5.41, 5.74) is 8.27. The lowest BCUT2D eigenvalue weighted by molar-refractivity contribution is 0.687. The number of nitrogen functional groups attached to an aromatic ring is 1. The van der Waals surface area contributed by atoms with Crippen molar-refractivity contribution in [3.8, 4) is 0 Å². The molecule has 0 saturated heterocycles. The third-order valence-corrected chi connectivity index (χ3v) is 3.82. The van der Waals surface area contributed by atoms with E-state index in [1.165, 1.54) is 0 Å². The summed E-state index contributed by atoms with van der Waals surface area (Å²) in [4.78, 5) is 4.28. The van der Waals surface area contributed by atoms with Gasteiger partial charge in [0, 0.05) is 39.2 Å². The van der Waals surface area contributed by atoms with Crippen LogP contribution in [0, 0.1) is 0 Å². The lowest BCUT2D eigenvalue weighted by atomic mass is 10.1. The first-order valence-electron chi connectivity index (χ1n) is 5.45. The number of nitrogens with one attached hydrogen (secondary N) is 1. The number of halogens is 1. The van der Waals surface area contributed by atoms with Crippen molar-refractivity contribution in [2.24, 2.45) is 0 Å². The lowest BCUT2D eigenvalue weighted by Crippen LogP contribution is -2.11. The largest absolute Gasteiger partial charge is 0.396 e. The molecular weight excluding hydrogens is 314 g/mol. The normalized spacial score (nSPS) is 12.6. The maximum absolute atomic E-state index is 11.1. The zero-order chi connectivity index (χ0) is 13.1. The van der Waals surface area contributed by atoms with Crippen LogP contribution in [0.2, 0.25) is 0 Å². The van der Waals surface area contributed by atoms with Crippen LogP contribution in [-0.2, 0) is 10.8 Å². The summed E-state index contributed by atoms with van der Waals surface area (Å²) < 4.78 is 12.0. The molecule has 18 heavy (non-hydrogen) atoms. The standard InChI is InChI=1S/C12H14BrN3OS/c1-18(17)5-4-15-12-9-6-8(13)2-3-11(9)16-7-10(12)14/h2-3,6-7H,4-5,14H2,1H3,(H,15,16). The summed E-state index contributed by atoms with van der Waals surface area (Å²) in [5.74, 6) is 0.595. The zero-order valence-corrected chi connectivity index (χ0v) is 12.3. The van der Waals surface area contributed by atoms with E-state index in [9.17, 15) is 4.21 Å². The second-order valence-electron chi connectivity index (χ2n) is 3.95. The number of fused-ring (bicyclic) bond motifs is 1. The minimum Gasteiger partial charge on any atom is -0.396 e. The highest BCUT2D eigenvalue weighted by atomic mass is 79.9. The Kier molecular flexibility index (Phi) is 4.19. The van der Waals surface area contributed by atoms with Gasteiger partial charge in [0.15, 0.2) is 0 Å². The summed E-state index contributed by atoms with van der Waals surface area (Å²) in [6, 6.07) is 5.85. The van der Waals surface area contributed by atoms with Gasteiger partial charge >= 0.3 is 0 Å². The van der Waals surface area contributed by atoms with Crippen LogP contribution in [0.5, 0.6) is 0 Å². The Morgan fingerprint density at radius 1 is 1.50 bits per heavy atom. The first-order chi connectivity index (χ1) is 8.58. The molecule has 1 aromatic heterocycles. The second-order valence-corrected chi connectivity index (χ2v) is 6.42. The fraction of sp³-hybridized carbons (Fsp3) is 0.250. The minimum absolute atomic E-state index is 0.595. The van der Waals surface area contributed by atoms with Gasteiger partial charge in [-0.05, 0) is 18.2 Å². The van der Waals surface area contributed by atoms with Crippen molar-refractivity contribution >= 4 is 49.0 Å². The molecule has 0 amide bonds. The van der Waals surface area contributed by atoms with Crippen LogP contribution in [0.1, 0.15) is 0 Å². The Hall–Kier alpha value is -1.14. The predicted molar refractivity (Wildman–Crippen MR) is 81.3 cm³/mol. The van der Waals surface area contributed by atoms with Crippen molar-refractivity contribution in [2.75, 3.05) is 29.6 Å². The van der Waals surface area contributed by atoms with Gasteiger partial charge in [0.2, 0.25) is 0 Å². The summed E-state index contributed by atoms with van der Waals surface area (Å²) >= 11 is 3.44. The van der Waals surface area contributed by atoms with Crippen LogP contribution < -0.4 is 11.1 Å². The number of pyridine rings is 1. The fourth-order valence-corrected chi connectivity index (χ4v) is 2.45. The molecule has 0 fully saturated rings. The topological polar surface area (TPSA) is 68.0 Å². The van der Waals surface area contributed by atoms with Crippen LogP contribution in [0.4, 0.5) is 11.4 Å². The molecule has 3 N–H and O–H groups in total. The first-order valence-corrected chi connectivity index (χ1v) is 7.97. The average Bonchev–Trinajstić information content (AvgIpc) is 2.31. The van der Waals surface area contributed by atoms with Crippen LogP contribution in [0.15, 0.2) is 28.9 Å². The van der Waals surface area contributed by atoms with Gasteiger partial charge in [0.25, 0.3) is 0 Å². The Morgan fingerprint density at radius 3 is 3.00 bits per heavy atom. The number of anilines is 2. The van der Waals surface area contributed by atoms with E-state index in [1.54, 1.807) is 12.5 Å². The number of aromatic nitrogens is 1. The maximum atomic E-state index is 11.1. The van der Waals surface area contributed by atoms with Crippen molar-refractivity contribution in [1.29, 1.82) is 0 Å². The highest BCUT2D eigenvalue weighted by molar-refractivity contribution is 9.10. The first kappa shape index (κ1) is 13.3. The molecule has 4 nitrogen and oxygen atoms in total. The highest BCUT2D eigenvalue weighted by Crippen LogP contribution is 2.29. The van der Waals surface area contributed by atoms with Gasteiger partial charge < -0.3 is 11.1 Å². The molecule has 2 rings (SSSR count). The van der Waals surface area contributed by atoms with E-state index in [0.717, 1.165) is 21.1 Å². The SMILES string of the molecule is CS(=O)CCNc1c(N)cnc2ccc(Br)cc12. The van der Waals surface area contributed by atoms with E-state index >= 15 is 0 Å². The van der Waals surface area contributed by atoms with Crippen molar-refractivity contribution in [1.82, 2.24) is 4.98 Å². The molecule has 1 aromatic carbocycles. The molecule has 0 aliphatic heterocycles. The molecule has 0 bridgehead atoms. The highest BCUT2D eigenvalue weighted by Gasteiger charge is 2.07. The Labute approximate surface area is 117 Å². The number of hydrogen-bond donors (Lipinski definition) is 2. The molecule has 1 unspecified atom stereocenters. The van der Waals surface area contributed by atoms with Gasteiger partial charge in [0.1, 0.15) is 0 Å². The third-order valence-electron chi connectivity index (χ3n) is 2.55. The molecule has 2 aromatic rings. The van der Waals surface area contributed by atoms with E-state index in [0.29, 0.717) is 18.0 Å². The minimum atomic E-state index is -0.812. The number of nitrogens with zero attached hydrogens (tertiary/aromatic N) is 1. The molecule has 0 aliphatic carbocycles. The molecular formula is C12H14BrN3OS. The maximum Gasteiger partial charge on any atom is 0.0743 e. The second kappa shape index (κ2) is 5.67. The summed E-state index contributed by atoms with van der Waals surface area (Å²) in [5, 5.41) is 4.20. The predicted octanol–water partition coefficient (Wildman–Crippen LogP) is 2.37. The number of benzene rings is 1. The van der Waals surface area contributed by atoms with Crippen molar-refractivity contribution in [3.63, 3.8) is 0 Å². The van der Waals surface area contributed by atoms with E-state index in [4.69, 9.17) is 5.73 Å². The molecule has 6 heteroatoms. The van der Waals surface area contributed by atoms with Gasteiger partial charge in [-0.1, -0.05) is 15.9 Å². The van der Waals surface area contributed by atoms with Crippen LogP contribution in [-0.4, -0.2) is 27.7 Å². The van der Waals surface area contributed by atoms with E-state index < -0.39 is 10.8 Å². The van der Waals surface area contributed by atoms with E-state index in [-0.39, 0.29) is 0 Å². The van der Waals surface area contributed by atoms with Crippen molar-refractivity contribution in [2.45, 2.75) is 0 Å². The number of nitrogens with two attached hydrogens (primary N) is 1. The molecule has 0 radical (unpaired) electrons. The lowest BCUT2D eigenvalue weighted by Gasteiger charge is -2.11. The van der Waals surface area contributed by atoms with Gasteiger partial charge in [0.05, 0.1) is 23.1 Å². The molecule has 96 valence electrons. The van der Waals surface area contributed by atoms with Crippen LogP contribution >= 0.6 is 15.9 Å². The van der Waals surface area contributed by atoms with Crippen LogP contribution in [0.3, 0.4) is 0 Å².